The Morgan fingerprint density at radius 1 is 1.31 bits per heavy atom. The molecule has 1 N–H and O–H groups in total. The zero-order valence-electron chi connectivity index (χ0n) is 14.9. The second-order valence-corrected chi connectivity index (χ2v) is 7.24. The molecule has 1 saturated heterocycles. The summed E-state index contributed by atoms with van der Waals surface area (Å²) in [7, 11) is 0. The van der Waals surface area contributed by atoms with Crippen molar-refractivity contribution in [2.75, 3.05) is 37.6 Å². The van der Waals surface area contributed by atoms with Gasteiger partial charge in [0.05, 0.1) is 22.5 Å². The minimum Gasteiger partial charge on any atom is -0.367 e. The summed E-state index contributed by atoms with van der Waals surface area (Å²) in [5, 5.41) is 12.3. The van der Waals surface area contributed by atoms with Crippen LogP contribution in [0.15, 0.2) is 29.8 Å². The van der Waals surface area contributed by atoms with Crippen molar-refractivity contribution < 1.29 is 4.79 Å². The third kappa shape index (κ3) is 4.33. The molecular weight excluding hydrogens is 346 g/mol. The molecule has 0 aliphatic carbocycles. The minimum atomic E-state index is -0.000699. The first-order chi connectivity index (χ1) is 12.7. The van der Waals surface area contributed by atoms with E-state index >= 15 is 0 Å². The van der Waals surface area contributed by atoms with E-state index in [0.29, 0.717) is 25.2 Å². The van der Waals surface area contributed by atoms with Crippen molar-refractivity contribution in [2.45, 2.75) is 19.8 Å². The fourth-order valence-electron chi connectivity index (χ4n) is 3.12. The molecule has 26 heavy (non-hydrogen) atoms. The number of hydrogen-bond acceptors (Lipinski definition) is 5. The van der Waals surface area contributed by atoms with Gasteiger partial charge in [-0.2, -0.15) is 5.26 Å². The molecule has 1 aliphatic heterocycles. The first-order valence-electron chi connectivity index (χ1n) is 8.85. The molecule has 1 fully saturated rings. The number of thiazole rings is 1. The molecule has 1 aromatic heterocycles. The number of aromatic nitrogens is 1. The summed E-state index contributed by atoms with van der Waals surface area (Å²) in [5.41, 5.74) is 4.60. The van der Waals surface area contributed by atoms with Crippen LogP contribution in [0.4, 0.5) is 10.5 Å². The second-order valence-electron chi connectivity index (χ2n) is 6.30. The van der Waals surface area contributed by atoms with Crippen LogP contribution in [-0.2, 0) is 6.42 Å². The van der Waals surface area contributed by atoms with E-state index in [1.54, 1.807) is 11.3 Å². The highest BCUT2D eigenvalue weighted by atomic mass is 32.1. The van der Waals surface area contributed by atoms with Gasteiger partial charge < -0.3 is 15.1 Å². The Morgan fingerprint density at radius 3 is 2.77 bits per heavy atom. The number of nitriles is 1. The van der Waals surface area contributed by atoms with Crippen LogP contribution in [0.5, 0.6) is 0 Å². The number of piperazine rings is 1. The third-order valence-electron chi connectivity index (χ3n) is 4.63. The molecule has 0 spiro atoms. The molecule has 136 valence electrons. The van der Waals surface area contributed by atoms with Crippen molar-refractivity contribution in [3.63, 3.8) is 0 Å². The van der Waals surface area contributed by atoms with Gasteiger partial charge in [-0.15, -0.1) is 11.3 Å². The number of urea groups is 1. The van der Waals surface area contributed by atoms with E-state index in [4.69, 9.17) is 0 Å². The molecule has 2 heterocycles. The van der Waals surface area contributed by atoms with Crippen LogP contribution in [0.2, 0.25) is 0 Å². The van der Waals surface area contributed by atoms with Crippen LogP contribution in [0.1, 0.15) is 22.6 Å². The Balaban J connectivity index is 1.42. The van der Waals surface area contributed by atoms with Crippen molar-refractivity contribution in [1.29, 1.82) is 5.26 Å². The van der Waals surface area contributed by atoms with Crippen LogP contribution < -0.4 is 10.2 Å². The average molecular weight is 369 g/mol. The van der Waals surface area contributed by atoms with Crippen LogP contribution in [-0.4, -0.2) is 48.6 Å². The monoisotopic (exact) mass is 369 g/mol. The van der Waals surface area contributed by atoms with Crippen molar-refractivity contribution in [3.8, 4) is 6.07 Å². The third-order valence-corrected chi connectivity index (χ3v) is 5.63. The Hall–Kier alpha value is -2.59. The van der Waals surface area contributed by atoms with Gasteiger partial charge in [-0.05, 0) is 31.9 Å². The van der Waals surface area contributed by atoms with E-state index < -0.39 is 0 Å². The van der Waals surface area contributed by atoms with Crippen molar-refractivity contribution in [3.05, 3.63) is 45.9 Å². The molecule has 0 radical (unpaired) electrons. The minimum absolute atomic E-state index is 0.000699. The lowest BCUT2D eigenvalue weighted by molar-refractivity contribution is 0.194. The number of carbonyl (C=O) groups excluding carboxylic acids is 1. The van der Waals surface area contributed by atoms with Crippen LogP contribution in [0, 0.1) is 18.3 Å². The molecule has 0 atom stereocenters. The number of amides is 2. The smallest absolute Gasteiger partial charge is 0.317 e. The molecule has 7 heteroatoms. The molecule has 1 aromatic carbocycles. The first-order valence-corrected chi connectivity index (χ1v) is 9.73. The molecule has 0 unspecified atom stereocenters. The lowest BCUT2D eigenvalue weighted by Crippen LogP contribution is -2.52. The standard InChI is InChI=1S/C19H23N5OS/c1-15-18(26-14-22-15)7-4-8-21-19(25)24-11-9-23(10-12-24)17-6-3-2-5-16(17)13-20/h2-3,5-6,14H,4,7-12H2,1H3,(H,21,25). The number of nitrogens with zero attached hydrogens (tertiary/aromatic N) is 4. The average Bonchev–Trinajstić information content (AvgIpc) is 3.10. The summed E-state index contributed by atoms with van der Waals surface area (Å²) in [6.45, 7) is 5.51. The Kier molecular flexibility index (Phi) is 6.08. The molecule has 2 amide bonds. The van der Waals surface area contributed by atoms with Gasteiger partial charge in [-0.3, -0.25) is 0 Å². The highest BCUT2D eigenvalue weighted by Crippen LogP contribution is 2.21. The SMILES string of the molecule is Cc1ncsc1CCCNC(=O)N1CCN(c2ccccc2C#N)CC1. The van der Waals surface area contributed by atoms with Gasteiger partial charge in [0.1, 0.15) is 6.07 Å². The summed E-state index contributed by atoms with van der Waals surface area (Å²) in [6, 6.07) is 9.86. The number of aryl methyl sites for hydroxylation is 2. The van der Waals surface area contributed by atoms with Gasteiger partial charge in [-0.1, -0.05) is 12.1 Å². The molecule has 2 aromatic rings. The van der Waals surface area contributed by atoms with Crippen LogP contribution >= 0.6 is 11.3 Å². The molecule has 6 nitrogen and oxygen atoms in total. The van der Waals surface area contributed by atoms with Gasteiger partial charge in [0.2, 0.25) is 0 Å². The highest BCUT2D eigenvalue weighted by Gasteiger charge is 2.22. The lowest BCUT2D eigenvalue weighted by atomic mass is 10.1. The largest absolute Gasteiger partial charge is 0.367 e. The predicted molar refractivity (Wildman–Crippen MR) is 104 cm³/mol. The van der Waals surface area contributed by atoms with E-state index in [1.807, 2.05) is 41.6 Å². The van der Waals surface area contributed by atoms with E-state index in [1.165, 1.54) is 4.88 Å². The predicted octanol–water partition coefficient (Wildman–Crippen LogP) is 2.79. The maximum Gasteiger partial charge on any atom is 0.317 e. The molecule has 3 rings (SSSR count). The highest BCUT2D eigenvalue weighted by molar-refractivity contribution is 7.09. The van der Waals surface area contributed by atoms with Gasteiger partial charge in [-0.25, -0.2) is 9.78 Å². The number of benzene rings is 1. The zero-order chi connectivity index (χ0) is 18.4. The quantitative estimate of drug-likeness (QED) is 0.823. The van der Waals surface area contributed by atoms with E-state index in [0.717, 1.165) is 37.3 Å². The number of para-hydroxylation sites is 1. The van der Waals surface area contributed by atoms with E-state index in [9.17, 15) is 10.1 Å². The Morgan fingerprint density at radius 2 is 2.08 bits per heavy atom. The topological polar surface area (TPSA) is 72.3 Å². The molecule has 0 saturated carbocycles. The van der Waals surface area contributed by atoms with Gasteiger partial charge >= 0.3 is 6.03 Å². The lowest BCUT2D eigenvalue weighted by Gasteiger charge is -2.36. The van der Waals surface area contributed by atoms with Crippen molar-refractivity contribution in [1.82, 2.24) is 15.2 Å². The summed E-state index contributed by atoms with van der Waals surface area (Å²) in [5.74, 6) is 0. The molecule has 1 aliphatic rings. The fourth-order valence-corrected chi connectivity index (χ4v) is 3.94. The number of rotatable bonds is 5. The molecular formula is C19H23N5OS. The summed E-state index contributed by atoms with van der Waals surface area (Å²) in [4.78, 5) is 21.9. The normalized spacial score (nSPS) is 14.2. The number of nitrogens with one attached hydrogen (secondary N) is 1. The van der Waals surface area contributed by atoms with Crippen molar-refractivity contribution >= 4 is 23.1 Å². The van der Waals surface area contributed by atoms with E-state index in [2.05, 4.69) is 21.3 Å². The van der Waals surface area contributed by atoms with Gasteiger partial charge in [0, 0.05) is 37.6 Å². The molecule has 0 bridgehead atoms. The Labute approximate surface area is 158 Å². The summed E-state index contributed by atoms with van der Waals surface area (Å²) >= 11 is 1.67. The van der Waals surface area contributed by atoms with Gasteiger partial charge in [0.15, 0.2) is 0 Å². The number of hydrogen-bond donors (Lipinski definition) is 1. The Bertz CT molecular complexity index is 789. The fraction of sp³-hybridized carbons (Fsp3) is 0.421. The maximum atomic E-state index is 12.3. The number of carbonyl (C=O) groups is 1. The van der Waals surface area contributed by atoms with Crippen LogP contribution in [0.3, 0.4) is 0 Å². The zero-order valence-corrected chi connectivity index (χ0v) is 15.8. The van der Waals surface area contributed by atoms with Crippen molar-refractivity contribution in [2.24, 2.45) is 0 Å². The number of anilines is 1. The summed E-state index contributed by atoms with van der Waals surface area (Å²) < 4.78 is 0. The van der Waals surface area contributed by atoms with Crippen LogP contribution in [0.25, 0.3) is 0 Å². The second kappa shape index (κ2) is 8.68. The van der Waals surface area contributed by atoms with E-state index in [-0.39, 0.29) is 6.03 Å². The first kappa shape index (κ1) is 18.2. The summed E-state index contributed by atoms with van der Waals surface area (Å²) in [6.07, 6.45) is 1.87. The maximum absolute atomic E-state index is 12.3. The van der Waals surface area contributed by atoms with Gasteiger partial charge in [0.25, 0.3) is 0 Å².